The third-order valence-electron chi connectivity index (χ3n) is 3.68. The van der Waals surface area contributed by atoms with Gasteiger partial charge in [0.05, 0.1) is 0 Å². The molecule has 0 aromatic heterocycles. The highest BCUT2D eigenvalue weighted by Crippen LogP contribution is 2.11. The van der Waals surface area contributed by atoms with Crippen LogP contribution in [-0.4, -0.2) is 35.8 Å². The molecule has 4 nitrogen and oxygen atoms in total. The van der Waals surface area contributed by atoms with Crippen molar-refractivity contribution >= 4 is 11.8 Å². The van der Waals surface area contributed by atoms with E-state index in [-0.39, 0.29) is 17.9 Å². The maximum atomic E-state index is 12.4. The van der Waals surface area contributed by atoms with Gasteiger partial charge in [0.25, 0.3) is 0 Å². The van der Waals surface area contributed by atoms with E-state index in [2.05, 4.69) is 17.4 Å². The SMILES string of the molecule is CCCC(=O)N(CCc1ccccc1)[C@H](CC)C(=O)NCC. The number of hydrogen-bond donors (Lipinski definition) is 1. The van der Waals surface area contributed by atoms with E-state index < -0.39 is 0 Å². The zero-order valence-corrected chi connectivity index (χ0v) is 14.0. The van der Waals surface area contributed by atoms with Crippen molar-refractivity contribution in [2.24, 2.45) is 0 Å². The van der Waals surface area contributed by atoms with E-state index in [0.717, 1.165) is 12.8 Å². The van der Waals surface area contributed by atoms with Crippen LogP contribution in [0.3, 0.4) is 0 Å². The quantitative estimate of drug-likeness (QED) is 0.762. The number of rotatable bonds is 9. The Hall–Kier alpha value is -1.84. The van der Waals surface area contributed by atoms with Gasteiger partial charge in [-0.2, -0.15) is 0 Å². The Bertz CT molecular complexity index is 459. The van der Waals surface area contributed by atoms with Crippen molar-refractivity contribution in [1.29, 1.82) is 0 Å². The highest BCUT2D eigenvalue weighted by Gasteiger charge is 2.27. The molecule has 0 heterocycles. The lowest BCUT2D eigenvalue weighted by atomic mass is 10.1. The number of likely N-dealkylation sites (N-methyl/N-ethyl adjacent to an activating group) is 1. The van der Waals surface area contributed by atoms with E-state index in [0.29, 0.717) is 25.9 Å². The normalized spacial score (nSPS) is 11.8. The first kappa shape index (κ1) is 18.2. The summed E-state index contributed by atoms with van der Waals surface area (Å²) in [7, 11) is 0. The van der Waals surface area contributed by atoms with Gasteiger partial charge in [0.2, 0.25) is 11.8 Å². The molecule has 0 fully saturated rings. The Labute approximate surface area is 133 Å². The van der Waals surface area contributed by atoms with E-state index >= 15 is 0 Å². The van der Waals surface area contributed by atoms with Gasteiger partial charge in [0.15, 0.2) is 0 Å². The van der Waals surface area contributed by atoms with Gasteiger partial charge in [-0.05, 0) is 31.7 Å². The topological polar surface area (TPSA) is 49.4 Å². The minimum Gasteiger partial charge on any atom is -0.355 e. The molecule has 4 heteroatoms. The number of nitrogens with zero attached hydrogens (tertiary/aromatic N) is 1. The molecule has 22 heavy (non-hydrogen) atoms. The molecule has 0 saturated carbocycles. The number of carbonyl (C=O) groups is 2. The van der Waals surface area contributed by atoms with Crippen LogP contribution in [0.15, 0.2) is 30.3 Å². The monoisotopic (exact) mass is 304 g/mol. The molecule has 0 aliphatic heterocycles. The van der Waals surface area contributed by atoms with Crippen LogP contribution in [0.1, 0.15) is 45.6 Å². The lowest BCUT2D eigenvalue weighted by Gasteiger charge is -2.30. The molecule has 1 rings (SSSR count). The van der Waals surface area contributed by atoms with E-state index in [1.54, 1.807) is 4.90 Å². The standard InChI is InChI=1S/C18H28N2O2/c1-4-10-17(21)20(16(5-2)18(22)19-6-3)14-13-15-11-8-7-9-12-15/h7-9,11-12,16H,4-6,10,13-14H2,1-3H3,(H,19,22)/t16-/m1/s1. The van der Waals surface area contributed by atoms with Crippen molar-refractivity contribution in [2.75, 3.05) is 13.1 Å². The van der Waals surface area contributed by atoms with Crippen LogP contribution in [0.4, 0.5) is 0 Å². The summed E-state index contributed by atoms with van der Waals surface area (Å²) in [4.78, 5) is 26.4. The average molecular weight is 304 g/mol. The minimum absolute atomic E-state index is 0.0532. The van der Waals surface area contributed by atoms with Gasteiger partial charge < -0.3 is 10.2 Å². The van der Waals surface area contributed by atoms with E-state index in [1.165, 1.54) is 5.56 Å². The summed E-state index contributed by atoms with van der Waals surface area (Å²) in [5, 5.41) is 2.84. The highest BCUT2D eigenvalue weighted by atomic mass is 16.2. The predicted octanol–water partition coefficient (Wildman–Crippen LogP) is 2.77. The number of hydrogen-bond acceptors (Lipinski definition) is 2. The third-order valence-corrected chi connectivity index (χ3v) is 3.68. The zero-order valence-electron chi connectivity index (χ0n) is 14.0. The predicted molar refractivity (Wildman–Crippen MR) is 89.5 cm³/mol. The van der Waals surface area contributed by atoms with Gasteiger partial charge in [-0.1, -0.05) is 44.2 Å². The molecule has 0 saturated heterocycles. The summed E-state index contributed by atoms with van der Waals surface area (Å²) in [6.07, 6.45) is 2.69. The van der Waals surface area contributed by atoms with Crippen molar-refractivity contribution < 1.29 is 9.59 Å². The molecular formula is C18H28N2O2. The van der Waals surface area contributed by atoms with Crippen LogP contribution in [0.25, 0.3) is 0 Å². The Morgan fingerprint density at radius 3 is 2.36 bits per heavy atom. The van der Waals surface area contributed by atoms with Crippen LogP contribution in [0.2, 0.25) is 0 Å². The third kappa shape index (κ3) is 5.51. The lowest BCUT2D eigenvalue weighted by Crippen LogP contribution is -2.50. The number of carbonyl (C=O) groups excluding carboxylic acids is 2. The van der Waals surface area contributed by atoms with E-state index in [4.69, 9.17) is 0 Å². The molecule has 1 aromatic carbocycles. The van der Waals surface area contributed by atoms with Crippen molar-refractivity contribution in [3.05, 3.63) is 35.9 Å². The smallest absolute Gasteiger partial charge is 0.242 e. The lowest BCUT2D eigenvalue weighted by molar-refractivity contribution is -0.140. The summed E-state index contributed by atoms with van der Waals surface area (Å²) in [6.45, 7) is 7.00. The molecule has 0 radical (unpaired) electrons. The molecule has 1 atom stereocenters. The zero-order chi connectivity index (χ0) is 16.4. The highest BCUT2D eigenvalue weighted by molar-refractivity contribution is 5.87. The molecule has 1 aromatic rings. The van der Waals surface area contributed by atoms with Crippen LogP contribution >= 0.6 is 0 Å². The number of nitrogens with one attached hydrogen (secondary N) is 1. The second-order valence-electron chi connectivity index (χ2n) is 5.39. The average Bonchev–Trinajstić information content (AvgIpc) is 2.52. The Morgan fingerprint density at radius 2 is 1.82 bits per heavy atom. The minimum atomic E-state index is -0.372. The van der Waals surface area contributed by atoms with Gasteiger partial charge in [-0.25, -0.2) is 0 Å². The van der Waals surface area contributed by atoms with Crippen LogP contribution in [0, 0.1) is 0 Å². The fourth-order valence-corrected chi connectivity index (χ4v) is 2.55. The number of amides is 2. The van der Waals surface area contributed by atoms with Gasteiger partial charge in [0.1, 0.15) is 6.04 Å². The van der Waals surface area contributed by atoms with Crippen molar-refractivity contribution in [1.82, 2.24) is 10.2 Å². The van der Waals surface area contributed by atoms with Gasteiger partial charge in [-0.3, -0.25) is 9.59 Å². The molecule has 0 aliphatic carbocycles. The van der Waals surface area contributed by atoms with Gasteiger partial charge in [-0.15, -0.1) is 0 Å². The maximum absolute atomic E-state index is 12.4. The summed E-state index contributed by atoms with van der Waals surface area (Å²) in [5.74, 6) is 0.0130. The van der Waals surface area contributed by atoms with Crippen LogP contribution < -0.4 is 5.32 Å². The molecule has 0 bridgehead atoms. The molecule has 122 valence electrons. The van der Waals surface area contributed by atoms with Crippen molar-refractivity contribution in [3.63, 3.8) is 0 Å². The first-order chi connectivity index (χ1) is 10.6. The van der Waals surface area contributed by atoms with Gasteiger partial charge in [0, 0.05) is 19.5 Å². The summed E-state index contributed by atoms with van der Waals surface area (Å²) >= 11 is 0. The van der Waals surface area contributed by atoms with Crippen LogP contribution in [-0.2, 0) is 16.0 Å². The van der Waals surface area contributed by atoms with E-state index in [1.807, 2.05) is 39.0 Å². The summed E-state index contributed by atoms with van der Waals surface area (Å²) in [5.41, 5.74) is 1.18. The fourth-order valence-electron chi connectivity index (χ4n) is 2.55. The largest absolute Gasteiger partial charge is 0.355 e. The molecule has 0 spiro atoms. The molecule has 2 amide bonds. The molecule has 1 N–H and O–H groups in total. The Morgan fingerprint density at radius 1 is 1.14 bits per heavy atom. The van der Waals surface area contributed by atoms with Crippen molar-refractivity contribution in [3.8, 4) is 0 Å². The first-order valence-corrected chi connectivity index (χ1v) is 8.25. The molecule has 0 aliphatic rings. The Balaban J connectivity index is 2.81. The Kier molecular flexibility index (Phi) is 8.26. The first-order valence-electron chi connectivity index (χ1n) is 8.25. The fraction of sp³-hybridized carbons (Fsp3) is 0.556. The van der Waals surface area contributed by atoms with Crippen molar-refractivity contribution in [2.45, 2.75) is 52.5 Å². The molecule has 0 unspecified atom stereocenters. The maximum Gasteiger partial charge on any atom is 0.242 e. The van der Waals surface area contributed by atoms with Crippen LogP contribution in [0.5, 0.6) is 0 Å². The molecular weight excluding hydrogens is 276 g/mol. The number of benzene rings is 1. The van der Waals surface area contributed by atoms with Gasteiger partial charge >= 0.3 is 0 Å². The summed E-state index contributed by atoms with van der Waals surface area (Å²) in [6, 6.07) is 9.70. The second kappa shape index (κ2) is 9.98. The summed E-state index contributed by atoms with van der Waals surface area (Å²) < 4.78 is 0. The second-order valence-corrected chi connectivity index (χ2v) is 5.39. The van der Waals surface area contributed by atoms with E-state index in [9.17, 15) is 9.59 Å².